The van der Waals surface area contributed by atoms with Gasteiger partial charge in [-0.15, -0.1) is 0 Å². The molecule has 0 atom stereocenters. The number of aryl methyl sites for hydroxylation is 4. The first-order chi connectivity index (χ1) is 37.1. The number of hydrogen-bond acceptors (Lipinski definition) is 0. The maximum atomic E-state index is 4.48. The SMILES string of the molecule is Cc1cc(C(C)(C)C)cc(C)c1[C+]1c2ccc(-c3ccccc3)cc2C(=C=C2c3cc(-c4ccccc4)ccc3C(c3c(C)cc(C(C)(C)C)cc3C)c3ccc(-c4ccccc4)cc32)c2cc(-c3ccccc3)ccc21. The third kappa shape index (κ3) is 9.02. The molecule has 0 unspecified atom stereocenters. The smallest absolute Gasteiger partial charge is 0.0809 e. The van der Waals surface area contributed by atoms with E-state index in [9.17, 15) is 0 Å². The normalized spacial score (nSPS) is 13.8. The minimum atomic E-state index is -0.0125. The Bertz CT molecular complexity index is 3490. The molecule has 0 heteroatoms. The summed E-state index contributed by atoms with van der Waals surface area (Å²) in [6.45, 7) is 23.2. The van der Waals surface area contributed by atoms with Crippen molar-refractivity contribution in [2.45, 2.75) is 86.0 Å². The summed E-state index contributed by atoms with van der Waals surface area (Å²) in [5.74, 6) is 1.26. The van der Waals surface area contributed by atoms with E-state index in [2.05, 4.69) is 293 Å². The van der Waals surface area contributed by atoms with Crippen molar-refractivity contribution < 1.29 is 0 Å². The predicted molar refractivity (Wildman–Crippen MR) is 327 cm³/mol. The summed E-state index contributed by atoms with van der Waals surface area (Å²) >= 11 is 0. The van der Waals surface area contributed by atoms with Gasteiger partial charge in [-0.2, -0.15) is 0 Å². The lowest BCUT2D eigenvalue weighted by molar-refractivity contribution is 0.588. The molecule has 0 fully saturated rings. The van der Waals surface area contributed by atoms with Crippen molar-refractivity contribution in [1.82, 2.24) is 0 Å². The molecule has 0 radical (unpaired) electrons. The van der Waals surface area contributed by atoms with Crippen molar-refractivity contribution in [2.75, 3.05) is 0 Å². The molecule has 0 N–H and O–H groups in total. The van der Waals surface area contributed by atoms with Gasteiger partial charge in [0.15, 0.2) is 0 Å². The van der Waals surface area contributed by atoms with Gasteiger partial charge in [0.2, 0.25) is 0 Å². The van der Waals surface area contributed by atoms with Crippen LogP contribution < -0.4 is 0 Å². The molecule has 0 nitrogen and oxygen atoms in total. The van der Waals surface area contributed by atoms with E-state index in [1.807, 2.05) is 0 Å². The molecule has 10 aromatic carbocycles. The molecule has 374 valence electrons. The predicted octanol–water partition coefficient (Wildman–Crippen LogP) is 20.2. The summed E-state index contributed by atoms with van der Waals surface area (Å²) in [6.07, 6.45) is 0. The molecule has 77 heavy (non-hydrogen) atoms. The molecule has 2 aliphatic carbocycles. The van der Waals surface area contributed by atoms with Crippen LogP contribution in [0.25, 0.3) is 55.7 Å². The van der Waals surface area contributed by atoms with Crippen LogP contribution >= 0.6 is 0 Å². The number of hydrogen-bond donors (Lipinski definition) is 0. The van der Waals surface area contributed by atoms with Crippen LogP contribution in [0, 0.1) is 33.6 Å². The van der Waals surface area contributed by atoms with E-state index in [0.29, 0.717) is 0 Å². The topological polar surface area (TPSA) is 0 Å². The average molecular weight is 992 g/mol. The maximum Gasteiger partial charge on any atom is 0.0809 e. The van der Waals surface area contributed by atoms with Gasteiger partial charge < -0.3 is 0 Å². The van der Waals surface area contributed by atoms with Crippen LogP contribution in [0.3, 0.4) is 0 Å². The van der Waals surface area contributed by atoms with Crippen LogP contribution in [0.5, 0.6) is 0 Å². The van der Waals surface area contributed by atoms with E-state index in [0.717, 1.165) is 11.1 Å². The highest BCUT2D eigenvalue weighted by Crippen LogP contribution is 2.53. The Morgan fingerprint density at radius 3 is 0.987 bits per heavy atom. The Morgan fingerprint density at radius 1 is 0.325 bits per heavy atom. The Morgan fingerprint density at radius 2 is 0.636 bits per heavy atom. The first kappa shape index (κ1) is 49.5. The second-order valence-corrected chi connectivity index (χ2v) is 23.8. The van der Waals surface area contributed by atoms with Crippen LogP contribution in [0.4, 0.5) is 0 Å². The minimum absolute atomic E-state index is 0.0119. The highest BCUT2D eigenvalue weighted by Gasteiger charge is 2.40. The number of benzene rings is 10. The van der Waals surface area contributed by atoms with Crippen molar-refractivity contribution in [3.8, 4) is 44.5 Å². The molecule has 0 saturated heterocycles. The van der Waals surface area contributed by atoms with Gasteiger partial charge in [0.25, 0.3) is 0 Å². The molecule has 0 amide bonds. The Labute approximate surface area is 458 Å². The second-order valence-electron chi connectivity index (χ2n) is 23.8. The summed E-state index contributed by atoms with van der Waals surface area (Å²) in [4.78, 5) is 0. The van der Waals surface area contributed by atoms with E-state index in [1.54, 1.807) is 0 Å². The molecule has 0 heterocycles. The maximum absolute atomic E-state index is 4.48. The molecule has 0 bridgehead atoms. The third-order valence-electron chi connectivity index (χ3n) is 16.5. The van der Waals surface area contributed by atoms with Crippen LogP contribution in [0.15, 0.2) is 224 Å². The zero-order valence-corrected chi connectivity index (χ0v) is 46.4. The third-order valence-corrected chi connectivity index (χ3v) is 16.5. The molecule has 0 spiro atoms. The van der Waals surface area contributed by atoms with Crippen molar-refractivity contribution >= 4 is 11.1 Å². The Kier molecular flexibility index (Phi) is 12.4. The summed E-state index contributed by atoms with van der Waals surface area (Å²) in [6, 6.07) is 82.2. The summed E-state index contributed by atoms with van der Waals surface area (Å²) in [5.41, 5.74) is 36.6. The van der Waals surface area contributed by atoms with Gasteiger partial charge in [-0.25, -0.2) is 0 Å². The fourth-order valence-electron chi connectivity index (χ4n) is 12.5. The van der Waals surface area contributed by atoms with E-state index in [-0.39, 0.29) is 16.7 Å². The largest absolute Gasteiger partial charge is 0.0901 e. The average Bonchev–Trinajstić information content (AvgIpc) is 3.50. The van der Waals surface area contributed by atoms with E-state index in [4.69, 9.17) is 0 Å². The van der Waals surface area contributed by atoms with Crippen molar-refractivity contribution in [3.05, 3.63) is 319 Å². The summed E-state index contributed by atoms with van der Waals surface area (Å²) in [7, 11) is 0. The zero-order chi connectivity index (χ0) is 53.3. The number of fused-ring (bicyclic) bond motifs is 4. The van der Waals surface area contributed by atoms with Gasteiger partial charge in [-0.05, 0) is 194 Å². The van der Waals surface area contributed by atoms with Crippen molar-refractivity contribution in [2.24, 2.45) is 0 Å². The van der Waals surface area contributed by atoms with E-state index in [1.165, 1.54) is 139 Å². The fourth-order valence-corrected chi connectivity index (χ4v) is 12.5. The van der Waals surface area contributed by atoms with Gasteiger partial charge in [-0.3, -0.25) is 0 Å². The van der Waals surface area contributed by atoms with Crippen molar-refractivity contribution in [1.29, 1.82) is 0 Å². The molecule has 12 rings (SSSR count). The van der Waals surface area contributed by atoms with Gasteiger partial charge in [0, 0.05) is 33.7 Å². The quantitative estimate of drug-likeness (QED) is 0.115. The fraction of sp³-hybridized carbons (Fsp3) is 0.169. The van der Waals surface area contributed by atoms with Crippen LogP contribution in [-0.2, 0) is 10.8 Å². The molecular formula is C77H67+. The first-order valence-electron chi connectivity index (χ1n) is 27.5. The molecule has 0 aromatic heterocycles. The molecular weight excluding hydrogens is 925 g/mol. The summed E-state index contributed by atoms with van der Waals surface area (Å²) in [5, 5.41) is 0. The molecule has 0 saturated carbocycles. The Balaban J connectivity index is 1.24. The first-order valence-corrected chi connectivity index (χ1v) is 27.5. The summed E-state index contributed by atoms with van der Waals surface area (Å²) < 4.78 is 0. The van der Waals surface area contributed by atoms with Crippen molar-refractivity contribution in [3.63, 3.8) is 0 Å². The molecule has 0 aliphatic heterocycles. The van der Waals surface area contributed by atoms with Gasteiger partial charge in [0.05, 0.1) is 28.2 Å². The monoisotopic (exact) mass is 992 g/mol. The van der Waals surface area contributed by atoms with E-state index < -0.39 is 0 Å². The highest BCUT2D eigenvalue weighted by atomic mass is 14.4. The van der Waals surface area contributed by atoms with Gasteiger partial charge >= 0.3 is 0 Å². The standard InChI is InChI=1S/C77H67/c1-48-39-60(76(5,6)7)40-49(2)72(48)74-62-35-31-56(52-23-15-11-16-24-52)43-66(62)70(67-44-57(32-36-63(67)74)53-25-17-12-18-26-53)47-71-68-45-58(54-27-19-13-20-28-54)33-37-64(68)75(73-50(3)41-61(42-51(73)4)77(8,9)10)65-38-34-59(46-69(65)71)55-29-21-14-22-30-55/h11-46,74H,1-10H3/q+1. The van der Waals surface area contributed by atoms with Gasteiger partial charge in [0.1, 0.15) is 0 Å². The zero-order valence-electron chi connectivity index (χ0n) is 46.4. The molecule has 2 aliphatic rings. The van der Waals surface area contributed by atoms with Gasteiger partial charge in [-0.1, -0.05) is 205 Å². The Hall–Kier alpha value is -8.41. The molecule has 10 aromatic rings. The number of rotatable bonds is 6. The van der Waals surface area contributed by atoms with Crippen LogP contribution in [0.1, 0.15) is 136 Å². The highest BCUT2D eigenvalue weighted by molar-refractivity contribution is 6.00. The lowest BCUT2D eigenvalue weighted by Crippen LogP contribution is -2.20. The van der Waals surface area contributed by atoms with Crippen LogP contribution in [0.2, 0.25) is 0 Å². The lowest BCUT2D eigenvalue weighted by atomic mass is 9.68. The second kappa shape index (κ2) is 19.3. The minimum Gasteiger partial charge on any atom is -0.0901 e. The lowest BCUT2D eigenvalue weighted by Gasteiger charge is -2.34. The van der Waals surface area contributed by atoms with Crippen LogP contribution in [-0.4, -0.2) is 0 Å². The van der Waals surface area contributed by atoms with E-state index >= 15 is 0 Å².